The number of morpholine rings is 1. The van der Waals surface area contributed by atoms with Gasteiger partial charge in [0, 0.05) is 29.2 Å². The first kappa shape index (κ1) is 14.8. The third kappa shape index (κ3) is 4.18. The van der Waals surface area contributed by atoms with E-state index in [4.69, 9.17) is 15.2 Å². The molecule has 1 fully saturated rings. The fraction of sp³-hybridized carbons (Fsp3) is 0.571. The fourth-order valence-corrected chi connectivity index (χ4v) is 2.54. The highest BCUT2D eigenvalue weighted by Gasteiger charge is 2.19. The number of rotatable bonds is 4. The van der Waals surface area contributed by atoms with Crippen LogP contribution >= 0.6 is 15.9 Å². The predicted octanol–water partition coefficient (Wildman–Crippen LogP) is 2.18. The summed E-state index contributed by atoms with van der Waals surface area (Å²) in [7, 11) is 2.10. The average molecular weight is 329 g/mol. The number of ether oxygens (including phenoxy) is 2. The summed E-state index contributed by atoms with van der Waals surface area (Å²) in [5.74, 6) is 0.843. The lowest BCUT2D eigenvalue weighted by Gasteiger charge is -2.30. The van der Waals surface area contributed by atoms with Crippen molar-refractivity contribution in [2.45, 2.75) is 19.1 Å². The number of benzene rings is 1. The second-order valence-electron chi connectivity index (χ2n) is 5.04. The third-order valence-electron chi connectivity index (χ3n) is 3.23. The lowest BCUT2D eigenvalue weighted by atomic mass is 10.1. The van der Waals surface area contributed by atoms with Gasteiger partial charge in [0.1, 0.15) is 18.5 Å². The molecule has 0 radical (unpaired) electrons. The van der Waals surface area contributed by atoms with Gasteiger partial charge in [-0.2, -0.15) is 0 Å². The van der Waals surface area contributed by atoms with Crippen molar-refractivity contribution < 1.29 is 9.47 Å². The molecule has 1 aromatic carbocycles. The molecule has 19 heavy (non-hydrogen) atoms. The molecule has 2 N–H and O–H groups in total. The number of halogens is 1. The number of nitrogens with zero attached hydrogens (tertiary/aromatic N) is 1. The van der Waals surface area contributed by atoms with E-state index in [1.807, 2.05) is 25.1 Å². The van der Waals surface area contributed by atoms with E-state index in [-0.39, 0.29) is 12.1 Å². The molecule has 2 rings (SSSR count). The normalized spacial score (nSPS) is 22.2. The Morgan fingerprint density at radius 1 is 1.58 bits per heavy atom. The van der Waals surface area contributed by atoms with Crippen molar-refractivity contribution in [3.8, 4) is 5.75 Å². The second kappa shape index (κ2) is 6.70. The number of likely N-dealkylation sites (N-methyl/N-ethyl adjacent to an activating group) is 1. The minimum atomic E-state index is -0.0533. The van der Waals surface area contributed by atoms with E-state index in [9.17, 15) is 0 Å². The van der Waals surface area contributed by atoms with Gasteiger partial charge in [-0.25, -0.2) is 0 Å². The Kier molecular flexibility index (Phi) is 5.21. The zero-order valence-electron chi connectivity index (χ0n) is 11.4. The molecule has 1 aliphatic heterocycles. The van der Waals surface area contributed by atoms with Gasteiger partial charge in [0.05, 0.1) is 6.61 Å². The topological polar surface area (TPSA) is 47.7 Å². The predicted molar refractivity (Wildman–Crippen MR) is 79.5 cm³/mol. The van der Waals surface area contributed by atoms with Crippen molar-refractivity contribution in [3.05, 3.63) is 28.2 Å². The number of hydrogen-bond acceptors (Lipinski definition) is 4. The summed E-state index contributed by atoms with van der Waals surface area (Å²) in [5.41, 5.74) is 6.99. The standard InChI is InChI=1S/C14H21BrN2O2/c1-10(16)13-7-11(15)3-4-14(13)19-9-12-8-17(2)5-6-18-12/h3-4,7,10,12H,5-6,8-9,16H2,1-2H3. The quantitative estimate of drug-likeness (QED) is 0.920. The van der Waals surface area contributed by atoms with Crippen molar-refractivity contribution in [2.75, 3.05) is 33.4 Å². The second-order valence-corrected chi connectivity index (χ2v) is 5.95. The van der Waals surface area contributed by atoms with E-state index in [2.05, 4.69) is 27.9 Å². The minimum Gasteiger partial charge on any atom is -0.490 e. The van der Waals surface area contributed by atoms with E-state index in [1.165, 1.54) is 0 Å². The first-order valence-electron chi connectivity index (χ1n) is 6.54. The maximum Gasteiger partial charge on any atom is 0.124 e. The van der Waals surface area contributed by atoms with Crippen LogP contribution in [0.25, 0.3) is 0 Å². The lowest BCUT2D eigenvalue weighted by molar-refractivity contribution is -0.0405. The summed E-state index contributed by atoms with van der Waals surface area (Å²) in [6, 6.07) is 5.88. The molecule has 106 valence electrons. The molecule has 5 heteroatoms. The Balaban J connectivity index is 1.99. The zero-order chi connectivity index (χ0) is 13.8. The first-order valence-corrected chi connectivity index (χ1v) is 7.33. The summed E-state index contributed by atoms with van der Waals surface area (Å²) in [5, 5.41) is 0. The first-order chi connectivity index (χ1) is 9.06. The van der Waals surface area contributed by atoms with Gasteiger partial charge >= 0.3 is 0 Å². The van der Waals surface area contributed by atoms with Crippen molar-refractivity contribution in [1.29, 1.82) is 0 Å². The lowest BCUT2D eigenvalue weighted by Crippen LogP contribution is -2.42. The molecule has 1 aromatic rings. The molecular formula is C14H21BrN2O2. The van der Waals surface area contributed by atoms with E-state index in [0.29, 0.717) is 6.61 Å². The van der Waals surface area contributed by atoms with Crippen LogP contribution in [0.15, 0.2) is 22.7 Å². The molecule has 0 bridgehead atoms. The smallest absolute Gasteiger partial charge is 0.124 e. The summed E-state index contributed by atoms with van der Waals surface area (Å²) in [4.78, 5) is 2.26. The monoisotopic (exact) mass is 328 g/mol. The van der Waals surface area contributed by atoms with E-state index < -0.39 is 0 Å². The van der Waals surface area contributed by atoms with Gasteiger partial charge in [-0.3, -0.25) is 0 Å². The largest absolute Gasteiger partial charge is 0.490 e. The van der Waals surface area contributed by atoms with Crippen LogP contribution in [0.3, 0.4) is 0 Å². The Bertz CT molecular complexity index is 426. The summed E-state index contributed by atoms with van der Waals surface area (Å²) >= 11 is 3.46. The highest BCUT2D eigenvalue weighted by Crippen LogP contribution is 2.27. The van der Waals surface area contributed by atoms with E-state index in [1.54, 1.807) is 0 Å². The van der Waals surface area contributed by atoms with Crippen molar-refractivity contribution in [2.24, 2.45) is 5.73 Å². The van der Waals surface area contributed by atoms with Crippen LogP contribution < -0.4 is 10.5 Å². The summed E-state index contributed by atoms with van der Waals surface area (Å²) in [6.07, 6.45) is 0.128. The van der Waals surface area contributed by atoms with Gasteiger partial charge in [-0.05, 0) is 32.2 Å². The van der Waals surface area contributed by atoms with Crippen LogP contribution in [0.4, 0.5) is 0 Å². The maximum absolute atomic E-state index is 5.97. The van der Waals surface area contributed by atoms with Gasteiger partial charge in [-0.15, -0.1) is 0 Å². The van der Waals surface area contributed by atoms with E-state index in [0.717, 1.165) is 35.5 Å². The maximum atomic E-state index is 5.97. The van der Waals surface area contributed by atoms with Crippen molar-refractivity contribution >= 4 is 15.9 Å². The minimum absolute atomic E-state index is 0.0533. The molecule has 0 aliphatic carbocycles. The van der Waals surface area contributed by atoms with Crippen LogP contribution in [0.1, 0.15) is 18.5 Å². The number of hydrogen-bond donors (Lipinski definition) is 1. The Labute approximate surface area is 123 Å². The van der Waals surface area contributed by atoms with Gasteiger partial charge in [0.25, 0.3) is 0 Å². The fourth-order valence-electron chi connectivity index (χ4n) is 2.16. The molecule has 1 aliphatic rings. The molecule has 1 saturated heterocycles. The highest BCUT2D eigenvalue weighted by atomic mass is 79.9. The molecule has 0 saturated carbocycles. The van der Waals surface area contributed by atoms with Gasteiger partial charge in [-0.1, -0.05) is 15.9 Å². The Hall–Kier alpha value is -0.620. The van der Waals surface area contributed by atoms with Crippen LogP contribution in [0.5, 0.6) is 5.75 Å². The Morgan fingerprint density at radius 3 is 3.05 bits per heavy atom. The third-order valence-corrected chi connectivity index (χ3v) is 3.72. The van der Waals surface area contributed by atoms with Gasteiger partial charge in [0.15, 0.2) is 0 Å². The molecule has 0 amide bonds. The molecule has 4 nitrogen and oxygen atoms in total. The molecule has 1 heterocycles. The average Bonchev–Trinajstić information content (AvgIpc) is 2.37. The Morgan fingerprint density at radius 2 is 2.37 bits per heavy atom. The molecule has 0 spiro atoms. The molecule has 2 unspecified atom stereocenters. The SMILES string of the molecule is CC(N)c1cc(Br)ccc1OCC1CN(C)CCO1. The van der Waals surface area contributed by atoms with Gasteiger partial charge in [0.2, 0.25) is 0 Å². The van der Waals surface area contributed by atoms with Crippen LogP contribution in [0.2, 0.25) is 0 Å². The van der Waals surface area contributed by atoms with Crippen LogP contribution in [-0.2, 0) is 4.74 Å². The summed E-state index contributed by atoms with van der Waals surface area (Å²) in [6.45, 7) is 5.18. The van der Waals surface area contributed by atoms with Crippen molar-refractivity contribution in [1.82, 2.24) is 4.90 Å². The van der Waals surface area contributed by atoms with Crippen molar-refractivity contribution in [3.63, 3.8) is 0 Å². The zero-order valence-corrected chi connectivity index (χ0v) is 13.0. The summed E-state index contributed by atoms with van der Waals surface area (Å²) < 4.78 is 12.6. The molecular weight excluding hydrogens is 308 g/mol. The highest BCUT2D eigenvalue weighted by molar-refractivity contribution is 9.10. The van der Waals surface area contributed by atoms with E-state index >= 15 is 0 Å². The van der Waals surface area contributed by atoms with Crippen LogP contribution in [0, 0.1) is 0 Å². The van der Waals surface area contributed by atoms with Crippen LogP contribution in [-0.4, -0.2) is 44.4 Å². The molecule has 0 aromatic heterocycles. The van der Waals surface area contributed by atoms with Gasteiger partial charge < -0.3 is 20.1 Å². The number of nitrogens with two attached hydrogens (primary N) is 1. The molecule has 2 atom stereocenters.